The minimum atomic E-state index is -0.327. The topological polar surface area (TPSA) is 96.7 Å². The van der Waals surface area contributed by atoms with Crippen molar-refractivity contribution >= 4 is 40.7 Å². The molecule has 3 aliphatic rings. The number of anilines is 1. The van der Waals surface area contributed by atoms with Crippen molar-refractivity contribution in [2.75, 3.05) is 5.32 Å². The molecule has 1 aromatic rings. The third-order valence-corrected chi connectivity index (χ3v) is 5.79. The van der Waals surface area contributed by atoms with E-state index in [1.807, 2.05) is 13.8 Å². The van der Waals surface area contributed by atoms with Crippen LogP contribution in [-0.2, 0) is 9.59 Å². The van der Waals surface area contributed by atoms with Crippen molar-refractivity contribution < 1.29 is 9.59 Å². The molecule has 134 valence electrons. The van der Waals surface area contributed by atoms with Gasteiger partial charge in [0.2, 0.25) is 11.7 Å². The zero-order valence-electron chi connectivity index (χ0n) is 14.6. The van der Waals surface area contributed by atoms with E-state index in [0.717, 1.165) is 10.6 Å². The zero-order chi connectivity index (χ0) is 18.3. The summed E-state index contributed by atoms with van der Waals surface area (Å²) in [4.78, 5) is 43.0. The second kappa shape index (κ2) is 6.75. The standard InChI is InChI=1S/C18H19N5O2S/c1-9(2)14-17-15(23-18(26-17)10-3-4-10)16(25)11(21-14)7-13(24)22-12-5-6-19-8-20-12/h5-6,8-10,18H,3-4,7H2,1-2H3,(H,19,20,22,24). The minimum absolute atomic E-state index is 0.0931. The first-order valence-electron chi connectivity index (χ1n) is 8.70. The van der Waals surface area contributed by atoms with Gasteiger partial charge in [0, 0.05) is 6.20 Å². The Morgan fingerprint density at radius 1 is 1.38 bits per heavy atom. The van der Waals surface area contributed by atoms with E-state index >= 15 is 0 Å². The highest BCUT2D eigenvalue weighted by Crippen LogP contribution is 2.48. The lowest BCUT2D eigenvalue weighted by molar-refractivity contribution is -0.116. The number of ketones is 1. The molecule has 1 saturated carbocycles. The maximum absolute atomic E-state index is 12.8. The highest BCUT2D eigenvalue weighted by molar-refractivity contribution is 8.05. The summed E-state index contributed by atoms with van der Waals surface area (Å²) in [5, 5.41) is 2.79. The number of aromatic nitrogens is 2. The molecule has 0 bridgehead atoms. The molecule has 1 fully saturated rings. The van der Waals surface area contributed by atoms with Crippen LogP contribution in [0.2, 0.25) is 0 Å². The van der Waals surface area contributed by atoms with Gasteiger partial charge in [0.15, 0.2) is 0 Å². The molecule has 0 radical (unpaired) electrons. The van der Waals surface area contributed by atoms with E-state index in [4.69, 9.17) is 0 Å². The van der Waals surface area contributed by atoms with Crippen molar-refractivity contribution in [3.63, 3.8) is 0 Å². The number of amides is 1. The first-order valence-corrected chi connectivity index (χ1v) is 9.58. The van der Waals surface area contributed by atoms with Crippen LogP contribution in [0.1, 0.15) is 33.1 Å². The summed E-state index contributed by atoms with van der Waals surface area (Å²) in [6, 6.07) is 1.60. The van der Waals surface area contributed by atoms with E-state index in [9.17, 15) is 9.59 Å². The molecule has 1 N–H and O–H groups in total. The van der Waals surface area contributed by atoms with Crippen LogP contribution in [0.25, 0.3) is 0 Å². The molecular weight excluding hydrogens is 350 g/mol. The quantitative estimate of drug-likeness (QED) is 0.860. The Hall–Kier alpha value is -2.35. The Kier molecular flexibility index (Phi) is 4.44. The molecule has 2 aliphatic heterocycles. The Labute approximate surface area is 155 Å². The lowest BCUT2D eigenvalue weighted by Gasteiger charge is -2.18. The molecule has 0 spiro atoms. The maximum Gasteiger partial charge on any atom is 0.231 e. The SMILES string of the molecule is CC(C)C1=C2SC(C3CC3)N=C2C(=O)C(CC(=O)Nc2ccncn2)=N1. The number of nitrogens with zero attached hydrogens (tertiary/aromatic N) is 4. The van der Waals surface area contributed by atoms with Crippen molar-refractivity contribution in [3.8, 4) is 0 Å². The third kappa shape index (κ3) is 3.33. The zero-order valence-corrected chi connectivity index (χ0v) is 15.4. The molecule has 1 aromatic heterocycles. The van der Waals surface area contributed by atoms with Gasteiger partial charge in [0.25, 0.3) is 0 Å². The summed E-state index contributed by atoms with van der Waals surface area (Å²) in [6.45, 7) is 4.09. The van der Waals surface area contributed by atoms with Crippen LogP contribution in [-0.4, -0.2) is 38.5 Å². The normalized spacial score (nSPS) is 22.3. The molecule has 1 atom stereocenters. The predicted molar refractivity (Wildman–Crippen MR) is 101 cm³/mol. The predicted octanol–water partition coefficient (Wildman–Crippen LogP) is 2.62. The summed E-state index contributed by atoms with van der Waals surface area (Å²) in [5.41, 5.74) is 1.61. The number of thioether (sulfide) groups is 1. The number of Topliss-reactive ketones (excluding diaryl/α,β-unsaturated/α-hetero) is 1. The maximum atomic E-state index is 12.8. The Morgan fingerprint density at radius 2 is 2.19 bits per heavy atom. The molecule has 7 nitrogen and oxygen atoms in total. The second-order valence-corrected chi connectivity index (χ2v) is 8.03. The number of hydrogen-bond donors (Lipinski definition) is 1. The van der Waals surface area contributed by atoms with Crippen LogP contribution in [0, 0.1) is 11.8 Å². The average molecular weight is 369 g/mol. The van der Waals surface area contributed by atoms with E-state index in [1.54, 1.807) is 24.0 Å². The molecule has 8 heteroatoms. The molecular formula is C18H19N5O2S. The van der Waals surface area contributed by atoms with Gasteiger partial charge in [-0.05, 0) is 30.7 Å². The lowest BCUT2D eigenvalue weighted by atomic mass is 9.99. The lowest BCUT2D eigenvalue weighted by Crippen LogP contribution is -2.32. The minimum Gasteiger partial charge on any atom is -0.310 e. The molecule has 1 amide bonds. The van der Waals surface area contributed by atoms with Gasteiger partial charge in [0.1, 0.15) is 23.2 Å². The summed E-state index contributed by atoms with van der Waals surface area (Å²) in [7, 11) is 0. The van der Waals surface area contributed by atoms with Crippen molar-refractivity contribution in [1.82, 2.24) is 9.97 Å². The molecule has 3 heterocycles. The summed E-state index contributed by atoms with van der Waals surface area (Å²) in [5.74, 6) is 0.576. The smallest absolute Gasteiger partial charge is 0.231 e. The van der Waals surface area contributed by atoms with E-state index in [1.165, 1.54) is 19.2 Å². The fourth-order valence-electron chi connectivity index (χ4n) is 2.91. The molecule has 26 heavy (non-hydrogen) atoms. The van der Waals surface area contributed by atoms with Gasteiger partial charge >= 0.3 is 0 Å². The van der Waals surface area contributed by atoms with Crippen molar-refractivity contribution in [2.45, 2.75) is 38.5 Å². The fraction of sp³-hybridized carbons (Fsp3) is 0.444. The number of allylic oxidation sites excluding steroid dienone is 2. The van der Waals surface area contributed by atoms with Crippen LogP contribution in [0.3, 0.4) is 0 Å². The van der Waals surface area contributed by atoms with Gasteiger partial charge in [-0.25, -0.2) is 9.97 Å². The van der Waals surface area contributed by atoms with Gasteiger partial charge in [-0.3, -0.25) is 19.6 Å². The molecule has 1 unspecified atom stereocenters. The Bertz CT molecular complexity index is 856. The van der Waals surface area contributed by atoms with Gasteiger partial charge in [-0.2, -0.15) is 0 Å². The molecule has 0 saturated heterocycles. The fourth-order valence-corrected chi connectivity index (χ4v) is 4.44. The largest absolute Gasteiger partial charge is 0.310 e. The number of fused-ring (bicyclic) bond motifs is 1. The number of carbonyl (C=O) groups excluding carboxylic acids is 2. The van der Waals surface area contributed by atoms with Gasteiger partial charge in [0.05, 0.1) is 22.7 Å². The van der Waals surface area contributed by atoms with Crippen LogP contribution in [0.15, 0.2) is 39.2 Å². The highest BCUT2D eigenvalue weighted by atomic mass is 32.2. The van der Waals surface area contributed by atoms with E-state index in [2.05, 4.69) is 25.3 Å². The monoisotopic (exact) mass is 369 g/mol. The van der Waals surface area contributed by atoms with Crippen LogP contribution in [0.4, 0.5) is 5.82 Å². The molecule has 0 aromatic carbocycles. The molecule has 1 aliphatic carbocycles. The number of aliphatic imine (C=N–C) groups is 2. The number of carbonyl (C=O) groups is 2. The van der Waals surface area contributed by atoms with Crippen molar-refractivity contribution in [2.24, 2.45) is 21.8 Å². The van der Waals surface area contributed by atoms with Gasteiger partial charge in [-0.1, -0.05) is 25.6 Å². The van der Waals surface area contributed by atoms with Crippen LogP contribution < -0.4 is 5.32 Å². The van der Waals surface area contributed by atoms with Crippen LogP contribution in [0.5, 0.6) is 0 Å². The van der Waals surface area contributed by atoms with Gasteiger partial charge in [-0.15, -0.1) is 0 Å². The number of nitrogens with one attached hydrogen (secondary N) is 1. The number of hydrogen-bond acceptors (Lipinski definition) is 7. The van der Waals surface area contributed by atoms with Crippen LogP contribution >= 0.6 is 11.8 Å². The Balaban J connectivity index is 1.56. The highest BCUT2D eigenvalue weighted by Gasteiger charge is 2.42. The first kappa shape index (κ1) is 17.1. The van der Waals surface area contributed by atoms with E-state index in [0.29, 0.717) is 17.4 Å². The van der Waals surface area contributed by atoms with Crippen molar-refractivity contribution in [3.05, 3.63) is 29.2 Å². The average Bonchev–Trinajstić information content (AvgIpc) is 3.37. The van der Waals surface area contributed by atoms with Gasteiger partial charge < -0.3 is 5.32 Å². The summed E-state index contributed by atoms with van der Waals surface area (Å²) >= 11 is 1.66. The number of rotatable bonds is 5. The summed E-state index contributed by atoms with van der Waals surface area (Å²) < 4.78 is 0. The Morgan fingerprint density at radius 3 is 2.85 bits per heavy atom. The third-order valence-electron chi connectivity index (χ3n) is 4.42. The molecule has 4 rings (SSSR count). The first-order chi connectivity index (χ1) is 12.5. The second-order valence-electron chi connectivity index (χ2n) is 6.90. The van der Waals surface area contributed by atoms with Crippen molar-refractivity contribution in [1.29, 1.82) is 0 Å². The summed E-state index contributed by atoms with van der Waals surface area (Å²) in [6.07, 6.45) is 5.14. The van der Waals surface area contributed by atoms with E-state index < -0.39 is 0 Å². The van der Waals surface area contributed by atoms with E-state index in [-0.39, 0.29) is 35.1 Å².